The Morgan fingerprint density at radius 3 is 2.56 bits per heavy atom. The molecule has 0 saturated heterocycles. The predicted octanol–water partition coefficient (Wildman–Crippen LogP) is 3.56. The van der Waals surface area contributed by atoms with Gasteiger partial charge in [-0.1, -0.05) is 12.1 Å². The molecule has 1 aliphatic heterocycles. The zero-order chi connectivity index (χ0) is 22.8. The summed E-state index contributed by atoms with van der Waals surface area (Å²) in [5.74, 6) is -1.69. The molecule has 0 saturated carbocycles. The molecule has 0 spiro atoms. The van der Waals surface area contributed by atoms with E-state index in [1.165, 1.54) is 18.4 Å². The van der Waals surface area contributed by atoms with Crippen molar-refractivity contribution in [1.82, 2.24) is 5.32 Å². The van der Waals surface area contributed by atoms with E-state index in [0.29, 0.717) is 29.2 Å². The molecule has 2 heterocycles. The van der Waals surface area contributed by atoms with Gasteiger partial charge in [-0.3, -0.25) is 14.4 Å². The first-order valence-corrected chi connectivity index (χ1v) is 11.4. The second-order valence-corrected chi connectivity index (χ2v) is 8.71. The van der Waals surface area contributed by atoms with E-state index >= 15 is 0 Å². The fourth-order valence-electron chi connectivity index (χ4n) is 4.58. The summed E-state index contributed by atoms with van der Waals surface area (Å²) in [7, 11) is 3.08. The van der Waals surface area contributed by atoms with Gasteiger partial charge in [-0.15, -0.1) is 11.3 Å². The first-order chi connectivity index (χ1) is 15.5. The molecule has 2 aromatic rings. The van der Waals surface area contributed by atoms with Crippen molar-refractivity contribution in [3.05, 3.63) is 57.4 Å². The maximum atomic E-state index is 13.8. The largest absolute Gasteiger partial charge is 0.493 e. The molecule has 7 nitrogen and oxygen atoms in total. The highest BCUT2D eigenvalue weighted by Crippen LogP contribution is 2.47. The number of nitrogens with one attached hydrogen (secondary N) is 1. The molecule has 1 aliphatic carbocycles. The summed E-state index contributed by atoms with van der Waals surface area (Å²) < 4.78 is 16.0. The molecule has 4 rings (SSSR count). The van der Waals surface area contributed by atoms with Crippen LogP contribution in [0.15, 0.2) is 47.0 Å². The third kappa shape index (κ3) is 3.90. The van der Waals surface area contributed by atoms with Crippen LogP contribution in [0.3, 0.4) is 0 Å². The Morgan fingerprint density at radius 1 is 1.12 bits per heavy atom. The van der Waals surface area contributed by atoms with Gasteiger partial charge in [-0.2, -0.15) is 0 Å². The van der Waals surface area contributed by atoms with Gasteiger partial charge < -0.3 is 19.5 Å². The fraction of sp³-hybridized carbons (Fsp3) is 0.375. The van der Waals surface area contributed by atoms with Crippen LogP contribution >= 0.6 is 11.3 Å². The van der Waals surface area contributed by atoms with Crippen LogP contribution in [-0.2, 0) is 19.1 Å². The Balaban J connectivity index is 1.81. The molecule has 0 bridgehead atoms. The van der Waals surface area contributed by atoms with Crippen molar-refractivity contribution >= 4 is 29.0 Å². The Labute approximate surface area is 190 Å². The quantitative estimate of drug-likeness (QED) is 0.529. The minimum atomic E-state index is -0.940. The summed E-state index contributed by atoms with van der Waals surface area (Å²) in [6, 6.07) is 9.17. The molecule has 1 aromatic heterocycles. The van der Waals surface area contributed by atoms with Gasteiger partial charge in [-0.25, -0.2) is 0 Å². The van der Waals surface area contributed by atoms with Gasteiger partial charge in [0.1, 0.15) is 5.92 Å². The normalized spacial score (nSPS) is 22.8. The number of allylic oxidation sites excluding steroid dienone is 2. The van der Waals surface area contributed by atoms with Gasteiger partial charge in [0.25, 0.3) is 0 Å². The van der Waals surface area contributed by atoms with Crippen LogP contribution in [0.2, 0.25) is 0 Å². The number of esters is 1. The molecule has 0 radical (unpaired) electrons. The lowest BCUT2D eigenvalue weighted by atomic mass is 9.69. The number of thiophene rings is 1. The maximum absolute atomic E-state index is 13.8. The van der Waals surface area contributed by atoms with Crippen molar-refractivity contribution in [2.75, 3.05) is 20.8 Å². The number of ketones is 1. The van der Waals surface area contributed by atoms with E-state index < -0.39 is 17.8 Å². The van der Waals surface area contributed by atoms with Gasteiger partial charge in [0.2, 0.25) is 5.91 Å². The second kappa shape index (κ2) is 9.16. The molecule has 0 unspecified atom stereocenters. The number of carbonyl (C=O) groups is 3. The predicted molar refractivity (Wildman–Crippen MR) is 119 cm³/mol. The minimum Gasteiger partial charge on any atom is -0.493 e. The highest BCUT2D eigenvalue weighted by molar-refractivity contribution is 7.10. The first kappa shape index (κ1) is 22.1. The number of ether oxygens (including phenoxy) is 3. The minimum absolute atomic E-state index is 0.110. The lowest BCUT2D eigenvalue weighted by molar-refractivity contribution is -0.152. The summed E-state index contributed by atoms with van der Waals surface area (Å²) in [6.45, 7) is 1.92. The van der Waals surface area contributed by atoms with Crippen LogP contribution in [0.5, 0.6) is 11.5 Å². The number of benzene rings is 1. The van der Waals surface area contributed by atoms with Crippen LogP contribution < -0.4 is 14.8 Å². The van der Waals surface area contributed by atoms with E-state index in [0.717, 1.165) is 10.4 Å². The SMILES string of the molecule is CCOC(=O)[C@@H]1C(=O)C2=C(C[C@@H]1c1cccs1)NC(=O)C[C@H]2c1ccc(OC)c(OC)c1. The number of rotatable bonds is 6. The molecular formula is C24H25NO6S. The molecule has 168 valence electrons. The van der Waals surface area contributed by atoms with Gasteiger partial charge in [-0.05, 0) is 42.5 Å². The van der Waals surface area contributed by atoms with Crippen LogP contribution in [0.25, 0.3) is 0 Å². The monoisotopic (exact) mass is 455 g/mol. The summed E-state index contributed by atoms with van der Waals surface area (Å²) in [5, 5.41) is 4.81. The van der Waals surface area contributed by atoms with Gasteiger partial charge >= 0.3 is 5.97 Å². The van der Waals surface area contributed by atoms with Crippen molar-refractivity contribution in [3.8, 4) is 11.5 Å². The zero-order valence-electron chi connectivity index (χ0n) is 18.2. The van der Waals surface area contributed by atoms with E-state index in [1.807, 2.05) is 23.6 Å². The summed E-state index contributed by atoms with van der Waals surface area (Å²) in [4.78, 5) is 40.2. The average Bonchev–Trinajstić information content (AvgIpc) is 3.32. The number of Topliss-reactive ketones (excluding diaryl/α,β-unsaturated/α-hetero) is 1. The van der Waals surface area contributed by atoms with Crippen molar-refractivity contribution in [2.45, 2.75) is 31.6 Å². The third-order valence-electron chi connectivity index (χ3n) is 5.99. The van der Waals surface area contributed by atoms with Gasteiger partial charge in [0, 0.05) is 34.4 Å². The first-order valence-electron chi connectivity index (χ1n) is 10.5. The lowest BCUT2D eigenvalue weighted by Crippen LogP contribution is -2.44. The molecule has 32 heavy (non-hydrogen) atoms. The molecule has 0 fully saturated rings. The average molecular weight is 456 g/mol. The Bertz CT molecular complexity index is 1070. The fourth-order valence-corrected chi connectivity index (χ4v) is 5.44. The molecule has 2 aliphatic rings. The Kier molecular flexibility index (Phi) is 6.32. The van der Waals surface area contributed by atoms with Gasteiger partial charge in [0.15, 0.2) is 17.3 Å². The summed E-state index contributed by atoms with van der Waals surface area (Å²) in [6.07, 6.45) is 0.500. The zero-order valence-corrected chi connectivity index (χ0v) is 19.0. The van der Waals surface area contributed by atoms with Crippen LogP contribution in [0.4, 0.5) is 0 Å². The Morgan fingerprint density at radius 2 is 1.91 bits per heavy atom. The van der Waals surface area contributed by atoms with Gasteiger partial charge in [0.05, 0.1) is 20.8 Å². The summed E-state index contributed by atoms with van der Waals surface area (Å²) in [5.41, 5.74) is 1.82. The number of hydrogen-bond acceptors (Lipinski definition) is 7. The van der Waals surface area contributed by atoms with Crippen molar-refractivity contribution in [3.63, 3.8) is 0 Å². The van der Waals surface area contributed by atoms with E-state index in [1.54, 1.807) is 26.2 Å². The Hall–Kier alpha value is -3.13. The topological polar surface area (TPSA) is 90.9 Å². The number of carbonyl (C=O) groups excluding carboxylic acids is 3. The maximum Gasteiger partial charge on any atom is 0.317 e. The van der Waals surface area contributed by atoms with Crippen molar-refractivity contribution in [1.29, 1.82) is 0 Å². The van der Waals surface area contributed by atoms with Crippen LogP contribution in [0, 0.1) is 5.92 Å². The number of methoxy groups -OCH3 is 2. The molecular weight excluding hydrogens is 430 g/mol. The van der Waals surface area contributed by atoms with Crippen LogP contribution in [0.1, 0.15) is 42.0 Å². The molecule has 1 N–H and O–H groups in total. The molecule has 8 heteroatoms. The molecule has 3 atom stereocenters. The van der Waals surface area contributed by atoms with Crippen molar-refractivity contribution < 1.29 is 28.6 Å². The van der Waals surface area contributed by atoms with E-state index in [2.05, 4.69) is 5.32 Å². The van der Waals surface area contributed by atoms with E-state index in [9.17, 15) is 14.4 Å². The second-order valence-electron chi connectivity index (χ2n) is 7.73. The van der Waals surface area contributed by atoms with Crippen molar-refractivity contribution in [2.24, 2.45) is 5.92 Å². The lowest BCUT2D eigenvalue weighted by Gasteiger charge is -2.37. The van der Waals surface area contributed by atoms with E-state index in [-0.39, 0.29) is 30.6 Å². The van der Waals surface area contributed by atoms with E-state index in [4.69, 9.17) is 14.2 Å². The number of hydrogen-bond donors (Lipinski definition) is 1. The molecule has 1 amide bonds. The summed E-state index contributed by atoms with van der Waals surface area (Å²) >= 11 is 1.49. The highest BCUT2D eigenvalue weighted by Gasteiger charge is 2.48. The highest BCUT2D eigenvalue weighted by atomic mass is 32.1. The smallest absolute Gasteiger partial charge is 0.317 e. The standard InChI is InChI=1S/C24H25NO6S/c1-4-31-24(28)22-15(19-6-5-9-32-19)11-16-21(23(22)27)14(12-20(26)25-16)13-7-8-17(29-2)18(10-13)30-3/h5-10,14-15,22H,4,11-12H2,1-3H3,(H,25,26)/t14-,15+,22-/m0/s1. The number of amides is 1. The third-order valence-corrected chi connectivity index (χ3v) is 6.99. The van der Waals surface area contributed by atoms with Crippen LogP contribution in [-0.4, -0.2) is 38.5 Å². The molecule has 1 aromatic carbocycles.